The first kappa shape index (κ1) is 44.3. The zero-order chi connectivity index (χ0) is 39.6. The van der Waals surface area contributed by atoms with Gasteiger partial charge in [-0.1, -0.05) is 98.7 Å². The van der Waals surface area contributed by atoms with Crippen LogP contribution in [0.1, 0.15) is 85.4 Å². The van der Waals surface area contributed by atoms with Crippen LogP contribution in [0, 0.1) is 0 Å². The van der Waals surface area contributed by atoms with Crippen LogP contribution in [0.3, 0.4) is 0 Å². The molecule has 0 aliphatic carbocycles. The predicted octanol–water partition coefficient (Wildman–Crippen LogP) is 9.78. The highest BCUT2D eigenvalue weighted by molar-refractivity contribution is 6.75. The SMILES string of the molecule is CC(C)(C)[Si](C)(C)OC[C@@H]1[C@@H](O)C(O[Si](C)(C)C(C)(C)C)C(O[Si](C)(C)C(C)(C)C)CN1Cc1ccc(CNc2ccc(CN3CCCO3)cc2)cc1. The monoisotopic (exact) mass is 786 g/mol. The van der Waals surface area contributed by atoms with Crippen LogP contribution in [0.15, 0.2) is 48.5 Å². The molecule has 2 heterocycles. The molecule has 0 aromatic heterocycles. The molecule has 2 aromatic rings. The maximum Gasteiger partial charge on any atom is 0.192 e. The lowest BCUT2D eigenvalue weighted by atomic mass is 9.93. The van der Waals surface area contributed by atoms with Gasteiger partial charge in [0.05, 0.1) is 37.6 Å². The van der Waals surface area contributed by atoms with Gasteiger partial charge < -0.3 is 23.7 Å². The van der Waals surface area contributed by atoms with E-state index < -0.39 is 37.2 Å². The van der Waals surface area contributed by atoms with Gasteiger partial charge >= 0.3 is 0 Å². The van der Waals surface area contributed by atoms with E-state index in [1.54, 1.807) is 0 Å². The van der Waals surface area contributed by atoms with Crippen molar-refractivity contribution in [2.45, 2.75) is 167 Å². The molecule has 11 heteroatoms. The summed E-state index contributed by atoms with van der Waals surface area (Å²) in [6.45, 7) is 39.5. The number of anilines is 1. The molecular formula is C42H75N3O5Si3. The molecule has 2 aliphatic rings. The highest BCUT2D eigenvalue weighted by atomic mass is 28.4. The molecule has 2 N–H and O–H groups in total. The third-order valence-electron chi connectivity index (χ3n) is 12.9. The Morgan fingerprint density at radius 3 is 1.75 bits per heavy atom. The molecule has 2 unspecified atom stereocenters. The number of hydrogen-bond acceptors (Lipinski definition) is 8. The lowest BCUT2D eigenvalue weighted by Crippen LogP contribution is -2.68. The third-order valence-corrected chi connectivity index (χ3v) is 26.4. The zero-order valence-electron chi connectivity index (χ0n) is 36.1. The first-order valence-corrected chi connectivity index (χ1v) is 28.7. The van der Waals surface area contributed by atoms with Gasteiger partial charge in [-0.15, -0.1) is 0 Å². The standard InChI is InChI=1S/C42H75N3O5Si3/c1-40(2,3)51(10,11)48-31-36-38(46)39(50-53(14,15)42(7,8)9)37(49-52(12,13)41(4,5)6)30-44(36)28-33-19-17-32(18-20-33)27-43-35-23-21-34(22-24-35)29-45-25-16-26-47-45/h17-24,36-39,43,46H,16,25-31H2,1-15H3/t36-,37?,38-,39?/m1/s1. The Morgan fingerprint density at radius 1 is 0.717 bits per heavy atom. The van der Waals surface area contributed by atoms with Crippen LogP contribution < -0.4 is 5.32 Å². The predicted molar refractivity (Wildman–Crippen MR) is 229 cm³/mol. The van der Waals surface area contributed by atoms with Gasteiger partial charge in [0.25, 0.3) is 0 Å². The van der Waals surface area contributed by atoms with Crippen LogP contribution in [0.5, 0.6) is 0 Å². The van der Waals surface area contributed by atoms with Crippen LogP contribution in [0.2, 0.25) is 54.4 Å². The maximum atomic E-state index is 12.5. The van der Waals surface area contributed by atoms with Crippen LogP contribution >= 0.6 is 0 Å². The van der Waals surface area contributed by atoms with Crippen molar-refractivity contribution in [2.75, 3.05) is 31.6 Å². The average Bonchev–Trinajstić information content (AvgIpc) is 3.54. The molecule has 300 valence electrons. The fourth-order valence-electron chi connectivity index (χ4n) is 6.10. The van der Waals surface area contributed by atoms with Gasteiger partial charge in [0.15, 0.2) is 25.0 Å². The summed E-state index contributed by atoms with van der Waals surface area (Å²) in [5, 5.41) is 18.2. The Hall–Kier alpha value is -1.39. The number of nitrogens with one attached hydrogen (secondary N) is 1. The quantitative estimate of drug-likeness (QED) is 0.184. The Kier molecular flexibility index (Phi) is 14.2. The van der Waals surface area contributed by atoms with Gasteiger partial charge in [-0.05, 0) is 89.6 Å². The molecule has 0 amide bonds. The number of benzene rings is 2. The summed E-state index contributed by atoms with van der Waals surface area (Å²) < 4.78 is 21.3. The summed E-state index contributed by atoms with van der Waals surface area (Å²) in [4.78, 5) is 8.08. The van der Waals surface area contributed by atoms with Gasteiger partial charge in [-0.2, -0.15) is 5.06 Å². The van der Waals surface area contributed by atoms with Gasteiger partial charge in [0, 0.05) is 38.4 Å². The summed E-state index contributed by atoms with van der Waals surface area (Å²) in [7, 11) is -6.53. The second-order valence-corrected chi connectivity index (χ2v) is 34.6. The average molecular weight is 786 g/mol. The number of piperidine rings is 1. The van der Waals surface area contributed by atoms with Crippen molar-refractivity contribution < 1.29 is 23.2 Å². The van der Waals surface area contributed by atoms with E-state index in [1.807, 2.05) is 5.06 Å². The number of aliphatic hydroxyl groups is 1. The molecular weight excluding hydrogens is 711 g/mol. The largest absolute Gasteiger partial charge is 0.415 e. The van der Waals surface area contributed by atoms with Crippen molar-refractivity contribution in [1.29, 1.82) is 0 Å². The summed E-state index contributed by atoms with van der Waals surface area (Å²) >= 11 is 0. The van der Waals surface area contributed by atoms with E-state index in [2.05, 4.69) is 160 Å². The molecule has 2 aromatic carbocycles. The third kappa shape index (κ3) is 11.6. The van der Waals surface area contributed by atoms with E-state index in [0.717, 1.165) is 38.3 Å². The minimum Gasteiger partial charge on any atom is -0.415 e. The first-order valence-electron chi connectivity index (χ1n) is 20.0. The zero-order valence-corrected chi connectivity index (χ0v) is 39.1. The smallest absolute Gasteiger partial charge is 0.192 e. The highest BCUT2D eigenvalue weighted by Crippen LogP contribution is 2.43. The van der Waals surface area contributed by atoms with Gasteiger partial charge in [0.1, 0.15) is 0 Å². The highest BCUT2D eigenvalue weighted by Gasteiger charge is 2.52. The number of rotatable bonds is 14. The summed E-state index contributed by atoms with van der Waals surface area (Å²) in [6.07, 6.45) is -0.328. The van der Waals surface area contributed by atoms with E-state index in [0.29, 0.717) is 19.7 Å². The molecule has 4 rings (SSSR count). The molecule has 4 atom stereocenters. The summed E-state index contributed by atoms with van der Waals surface area (Å²) in [6, 6.07) is 17.3. The van der Waals surface area contributed by atoms with Gasteiger partial charge in [-0.3, -0.25) is 9.74 Å². The van der Waals surface area contributed by atoms with Crippen molar-refractivity contribution in [3.63, 3.8) is 0 Å². The van der Waals surface area contributed by atoms with Crippen LogP contribution in [0.25, 0.3) is 0 Å². The Morgan fingerprint density at radius 2 is 1.23 bits per heavy atom. The lowest BCUT2D eigenvalue weighted by Gasteiger charge is -2.53. The number of hydrogen-bond donors (Lipinski definition) is 2. The number of hydroxylamine groups is 2. The second-order valence-electron chi connectivity index (χ2n) is 20.2. The second kappa shape index (κ2) is 17.0. The van der Waals surface area contributed by atoms with Crippen molar-refractivity contribution in [1.82, 2.24) is 9.96 Å². The van der Waals surface area contributed by atoms with E-state index in [-0.39, 0.29) is 27.3 Å². The molecule has 0 radical (unpaired) electrons. The first-order chi connectivity index (χ1) is 24.3. The van der Waals surface area contributed by atoms with Gasteiger partial charge in [0.2, 0.25) is 0 Å². The van der Waals surface area contributed by atoms with Crippen LogP contribution in [0.4, 0.5) is 5.69 Å². The molecule has 0 bridgehead atoms. The number of aliphatic hydroxyl groups excluding tert-OH is 1. The Bertz CT molecular complexity index is 1440. The van der Waals surface area contributed by atoms with Crippen LogP contribution in [-0.2, 0) is 37.7 Å². The molecule has 53 heavy (non-hydrogen) atoms. The summed E-state index contributed by atoms with van der Waals surface area (Å²) in [5.41, 5.74) is 4.80. The van der Waals surface area contributed by atoms with E-state index in [1.165, 1.54) is 16.7 Å². The lowest BCUT2D eigenvalue weighted by molar-refractivity contribution is -0.136. The van der Waals surface area contributed by atoms with E-state index in [4.69, 9.17) is 18.1 Å². The molecule has 0 saturated carbocycles. The van der Waals surface area contributed by atoms with E-state index >= 15 is 0 Å². The van der Waals surface area contributed by atoms with Crippen molar-refractivity contribution in [2.24, 2.45) is 0 Å². The van der Waals surface area contributed by atoms with Crippen molar-refractivity contribution >= 4 is 30.6 Å². The minimum atomic E-state index is -2.25. The molecule has 8 nitrogen and oxygen atoms in total. The van der Waals surface area contributed by atoms with Crippen LogP contribution in [-0.4, -0.2) is 90.7 Å². The fraction of sp³-hybridized carbons (Fsp3) is 0.714. The molecule has 2 fully saturated rings. The summed E-state index contributed by atoms with van der Waals surface area (Å²) in [5.74, 6) is 0. The van der Waals surface area contributed by atoms with E-state index in [9.17, 15) is 5.11 Å². The number of nitrogens with zero attached hydrogens (tertiary/aromatic N) is 2. The minimum absolute atomic E-state index is 0.00131. The molecule has 2 saturated heterocycles. The topological polar surface area (TPSA) is 75.7 Å². The molecule has 0 spiro atoms. The number of likely N-dealkylation sites (tertiary alicyclic amines) is 1. The van der Waals surface area contributed by atoms with Crippen molar-refractivity contribution in [3.05, 3.63) is 65.2 Å². The van der Waals surface area contributed by atoms with Crippen molar-refractivity contribution in [3.8, 4) is 0 Å². The maximum absolute atomic E-state index is 12.5. The Balaban J connectivity index is 1.55. The molecule has 2 aliphatic heterocycles. The Labute approximate surface area is 326 Å². The normalized spacial score (nSPS) is 23.1. The van der Waals surface area contributed by atoms with Gasteiger partial charge in [-0.25, -0.2) is 0 Å². The fourth-order valence-corrected chi connectivity index (χ4v) is 9.76.